The number of hydrogen-bond acceptors (Lipinski definition) is 3. The molecular formula is C14H21N3O. The Hall–Kier alpha value is -1.55. The number of likely N-dealkylation sites (tertiary alicyclic amines) is 1. The van der Waals surface area contributed by atoms with Gasteiger partial charge in [0, 0.05) is 6.54 Å². The number of nitrogens with two attached hydrogens (primary N) is 1. The predicted octanol–water partition coefficient (Wildman–Crippen LogP) is 1.94. The molecule has 1 saturated heterocycles. The zero-order valence-corrected chi connectivity index (χ0v) is 10.9. The summed E-state index contributed by atoms with van der Waals surface area (Å²) in [5.41, 5.74) is 7.10. The average molecular weight is 247 g/mol. The maximum atomic E-state index is 11.9. The minimum atomic E-state index is 0.0182. The first-order chi connectivity index (χ1) is 8.69. The maximum absolute atomic E-state index is 11.9. The van der Waals surface area contributed by atoms with Gasteiger partial charge in [0.15, 0.2) is 0 Å². The predicted molar refractivity (Wildman–Crippen MR) is 74.3 cm³/mol. The Balaban J connectivity index is 1.84. The number of anilines is 2. The molecule has 4 nitrogen and oxygen atoms in total. The number of nitrogens with zero attached hydrogens (tertiary/aromatic N) is 1. The SMILES string of the molecule is CCC1CCN(CC(=O)Nc2ccccc2N)C1. The molecule has 0 aliphatic carbocycles. The highest BCUT2D eigenvalue weighted by atomic mass is 16.2. The van der Waals surface area contributed by atoms with Crippen molar-refractivity contribution in [1.29, 1.82) is 0 Å². The number of hydrogen-bond donors (Lipinski definition) is 2. The summed E-state index contributed by atoms with van der Waals surface area (Å²) in [5, 5.41) is 2.86. The second kappa shape index (κ2) is 5.87. The molecule has 1 unspecified atom stereocenters. The van der Waals surface area contributed by atoms with E-state index in [1.165, 1.54) is 12.8 Å². The lowest BCUT2D eigenvalue weighted by Gasteiger charge is -2.15. The summed E-state index contributed by atoms with van der Waals surface area (Å²) in [6, 6.07) is 7.34. The molecule has 0 aromatic heterocycles. The molecule has 1 aliphatic heterocycles. The minimum Gasteiger partial charge on any atom is -0.397 e. The van der Waals surface area contributed by atoms with Crippen molar-refractivity contribution in [2.24, 2.45) is 5.92 Å². The third kappa shape index (κ3) is 3.23. The van der Waals surface area contributed by atoms with Gasteiger partial charge in [-0.1, -0.05) is 25.5 Å². The van der Waals surface area contributed by atoms with Crippen molar-refractivity contribution >= 4 is 17.3 Å². The Morgan fingerprint density at radius 1 is 1.50 bits per heavy atom. The van der Waals surface area contributed by atoms with Crippen molar-refractivity contribution in [3.05, 3.63) is 24.3 Å². The largest absolute Gasteiger partial charge is 0.397 e. The monoisotopic (exact) mass is 247 g/mol. The zero-order chi connectivity index (χ0) is 13.0. The van der Waals surface area contributed by atoms with E-state index in [9.17, 15) is 4.79 Å². The summed E-state index contributed by atoms with van der Waals surface area (Å²) in [6.07, 6.45) is 2.40. The molecule has 4 heteroatoms. The molecule has 0 saturated carbocycles. The number of carbonyl (C=O) groups is 1. The number of para-hydroxylation sites is 2. The van der Waals surface area contributed by atoms with E-state index in [1.54, 1.807) is 6.07 Å². The number of nitrogen functional groups attached to an aromatic ring is 1. The van der Waals surface area contributed by atoms with Gasteiger partial charge in [0.1, 0.15) is 0 Å². The van der Waals surface area contributed by atoms with Gasteiger partial charge in [0.05, 0.1) is 17.9 Å². The molecule has 1 atom stereocenters. The summed E-state index contributed by atoms with van der Waals surface area (Å²) in [4.78, 5) is 14.1. The summed E-state index contributed by atoms with van der Waals surface area (Å²) in [5.74, 6) is 0.768. The van der Waals surface area contributed by atoms with Crippen molar-refractivity contribution in [3.63, 3.8) is 0 Å². The van der Waals surface area contributed by atoms with Crippen LogP contribution >= 0.6 is 0 Å². The molecule has 1 amide bonds. The molecule has 1 aromatic rings. The Morgan fingerprint density at radius 2 is 2.28 bits per heavy atom. The minimum absolute atomic E-state index is 0.0182. The molecule has 18 heavy (non-hydrogen) atoms. The van der Waals surface area contributed by atoms with E-state index in [0.717, 1.165) is 19.0 Å². The highest BCUT2D eigenvalue weighted by Crippen LogP contribution is 2.20. The van der Waals surface area contributed by atoms with Crippen LogP contribution in [0.5, 0.6) is 0 Å². The maximum Gasteiger partial charge on any atom is 0.238 e. The van der Waals surface area contributed by atoms with Gasteiger partial charge in [-0.3, -0.25) is 9.69 Å². The van der Waals surface area contributed by atoms with Crippen molar-refractivity contribution in [1.82, 2.24) is 4.90 Å². The van der Waals surface area contributed by atoms with Crippen LogP contribution in [0.15, 0.2) is 24.3 Å². The Kier molecular flexibility index (Phi) is 4.20. The van der Waals surface area contributed by atoms with Gasteiger partial charge in [-0.25, -0.2) is 0 Å². The van der Waals surface area contributed by atoms with Crippen LogP contribution in [0.3, 0.4) is 0 Å². The van der Waals surface area contributed by atoms with Gasteiger partial charge in [-0.05, 0) is 31.0 Å². The van der Waals surface area contributed by atoms with Crippen LogP contribution in [0.4, 0.5) is 11.4 Å². The molecule has 0 radical (unpaired) electrons. The Bertz CT molecular complexity index is 419. The molecule has 1 aliphatic rings. The lowest BCUT2D eigenvalue weighted by Crippen LogP contribution is -2.31. The molecule has 1 aromatic carbocycles. The molecular weight excluding hydrogens is 226 g/mol. The molecule has 0 bridgehead atoms. The van der Waals surface area contributed by atoms with Crippen molar-refractivity contribution in [2.75, 3.05) is 30.7 Å². The summed E-state index contributed by atoms with van der Waals surface area (Å²) in [7, 11) is 0. The Labute approximate surface area is 108 Å². The first-order valence-corrected chi connectivity index (χ1v) is 6.55. The van der Waals surface area contributed by atoms with E-state index < -0.39 is 0 Å². The lowest BCUT2D eigenvalue weighted by molar-refractivity contribution is -0.117. The van der Waals surface area contributed by atoms with Gasteiger partial charge in [-0.2, -0.15) is 0 Å². The van der Waals surface area contributed by atoms with E-state index in [-0.39, 0.29) is 5.91 Å². The number of amides is 1. The highest BCUT2D eigenvalue weighted by Gasteiger charge is 2.22. The van der Waals surface area contributed by atoms with Crippen LogP contribution in [0.2, 0.25) is 0 Å². The normalized spacial score (nSPS) is 19.9. The zero-order valence-electron chi connectivity index (χ0n) is 10.9. The third-order valence-electron chi connectivity index (χ3n) is 3.55. The fourth-order valence-electron chi connectivity index (χ4n) is 2.39. The van der Waals surface area contributed by atoms with Gasteiger partial charge >= 0.3 is 0 Å². The lowest BCUT2D eigenvalue weighted by atomic mass is 10.1. The fraction of sp³-hybridized carbons (Fsp3) is 0.500. The van der Waals surface area contributed by atoms with E-state index >= 15 is 0 Å². The highest BCUT2D eigenvalue weighted by molar-refractivity contribution is 5.95. The Morgan fingerprint density at radius 3 is 2.94 bits per heavy atom. The summed E-state index contributed by atoms with van der Waals surface area (Å²) < 4.78 is 0. The van der Waals surface area contributed by atoms with Gasteiger partial charge in [0.25, 0.3) is 0 Å². The van der Waals surface area contributed by atoms with Crippen LogP contribution in [0.1, 0.15) is 19.8 Å². The number of carbonyl (C=O) groups excluding carboxylic acids is 1. The standard InChI is InChI=1S/C14H21N3O/c1-2-11-7-8-17(9-11)10-14(18)16-13-6-4-3-5-12(13)15/h3-6,11H,2,7-10,15H2,1H3,(H,16,18). The second-order valence-electron chi connectivity index (χ2n) is 4.93. The van der Waals surface area contributed by atoms with Crippen molar-refractivity contribution < 1.29 is 4.79 Å². The summed E-state index contributed by atoms with van der Waals surface area (Å²) in [6.45, 7) is 4.73. The van der Waals surface area contributed by atoms with Crippen molar-refractivity contribution in [3.8, 4) is 0 Å². The second-order valence-corrected chi connectivity index (χ2v) is 4.93. The van der Waals surface area contributed by atoms with E-state index in [4.69, 9.17) is 5.73 Å². The van der Waals surface area contributed by atoms with Crippen LogP contribution in [-0.2, 0) is 4.79 Å². The van der Waals surface area contributed by atoms with E-state index in [2.05, 4.69) is 17.1 Å². The van der Waals surface area contributed by atoms with Crippen molar-refractivity contribution in [2.45, 2.75) is 19.8 Å². The first kappa shape index (κ1) is 12.9. The number of rotatable bonds is 4. The van der Waals surface area contributed by atoms with Crippen LogP contribution in [0.25, 0.3) is 0 Å². The molecule has 1 heterocycles. The number of benzene rings is 1. The van der Waals surface area contributed by atoms with Crippen LogP contribution < -0.4 is 11.1 Å². The molecule has 98 valence electrons. The van der Waals surface area contributed by atoms with E-state index in [0.29, 0.717) is 17.9 Å². The van der Waals surface area contributed by atoms with Gasteiger partial charge in [0.2, 0.25) is 5.91 Å². The fourth-order valence-corrected chi connectivity index (χ4v) is 2.39. The third-order valence-corrected chi connectivity index (χ3v) is 3.55. The molecule has 3 N–H and O–H groups in total. The summed E-state index contributed by atoms with van der Waals surface area (Å²) >= 11 is 0. The molecule has 1 fully saturated rings. The van der Waals surface area contributed by atoms with Crippen LogP contribution in [-0.4, -0.2) is 30.4 Å². The smallest absolute Gasteiger partial charge is 0.238 e. The average Bonchev–Trinajstić information content (AvgIpc) is 2.80. The number of nitrogens with one attached hydrogen (secondary N) is 1. The first-order valence-electron chi connectivity index (χ1n) is 6.55. The topological polar surface area (TPSA) is 58.4 Å². The van der Waals surface area contributed by atoms with Crippen LogP contribution in [0, 0.1) is 5.92 Å². The molecule has 2 rings (SSSR count). The van der Waals surface area contributed by atoms with E-state index in [1.807, 2.05) is 18.2 Å². The van der Waals surface area contributed by atoms with Gasteiger partial charge < -0.3 is 11.1 Å². The molecule has 0 spiro atoms. The van der Waals surface area contributed by atoms with Gasteiger partial charge in [-0.15, -0.1) is 0 Å². The quantitative estimate of drug-likeness (QED) is 0.799.